The second kappa shape index (κ2) is 9.33. The predicted octanol–water partition coefficient (Wildman–Crippen LogP) is 4.64. The summed E-state index contributed by atoms with van der Waals surface area (Å²) in [7, 11) is 0. The molecule has 2 heterocycles. The van der Waals surface area contributed by atoms with E-state index < -0.39 is 0 Å². The van der Waals surface area contributed by atoms with E-state index in [2.05, 4.69) is 20.4 Å². The summed E-state index contributed by atoms with van der Waals surface area (Å²) in [4.78, 5) is 14.7. The molecule has 0 bridgehead atoms. The number of piperidine rings is 1. The van der Waals surface area contributed by atoms with Gasteiger partial charge in [-0.1, -0.05) is 53.7 Å². The molecule has 1 saturated heterocycles. The molecule has 1 amide bonds. The second-order valence-electron chi connectivity index (χ2n) is 6.82. The Morgan fingerprint density at radius 2 is 1.72 bits per heavy atom. The highest BCUT2D eigenvalue weighted by Crippen LogP contribution is 2.28. The van der Waals surface area contributed by atoms with Gasteiger partial charge in [-0.25, -0.2) is 0 Å². The van der Waals surface area contributed by atoms with Crippen molar-refractivity contribution >= 4 is 40.9 Å². The largest absolute Gasteiger partial charge is 0.341 e. The van der Waals surface area contributed by atoms with Crippen LogP contribution in [0.2, 0.25) is 5.02 Å². The van der Waals surface area contributed by atoms with Gasteiger partial charge in [0, 0.05) is 13.1 Å². The molecule has 1 aliphatic heterocycles. The minimum absolute atomic E-state index is 0.134. The van der Waals surface area contributed by atoms with Crippen LogP contribution in [0.25, 0.3) is 5.69 Å². The topological polar surface area (TPSA) is 63.1 Å². The van der Waals surface area contributed by atoms with Crippen LogP contribution in [-0.4, -0.2) is 39.5 Å². The summed E-state index contributed by atoms with van der Waals surface area (Å²) < 4.78 is 2.04. The molecule has 3 aromatic rings. The first-order chi connectivity index (χ1) is 14.2. The van der Waals surface area contributed by atoms with Crippen molar-refractivity contribution in [1.29, 1.82) is 0 Å². The van der Waals surface area contributed by atoms with E-state index >= 15 is 0 Å². The molecule has 6 nitrogen and oxygen atoms in total. The number of para-hydroxylation sites is 2. The zero-order chi connectivity index (χ0) is 20.1. The molecule has 0 unspecified atom stereocenters. The van der Waals surface area contributed by atoms with Gasteiger partial charge in [0.05, 0.1) is 22.2 Å². The van der Waals surface area contributed by atoms with Crippen molar-refractivity contribution in [2.45, 2.75) is 24.4 Å². The maximum absolute atomic E-state index is 12.4. The van der Waals surface area contributed by atoms with Gasteiger partial charge >= 0.3 is 0 Å². The Morgan fingerprint density at radius 3 is 2.48 bits per heavy atom. The first-order valence-corrected chi connectivity index (χ1v) is 11.0. The number of hydrogen-bond acceptors (Lipinski definition) is 5. The fraction of sp³-hybridized carbons (Fsp3) is 0.286. The standard InChI is InChI=1S/C21H22ClN5OS/c22-17-11-5-6-12-18(17)23-19(28)15-29-21-25-24-20(26-13-7-2-8-14-26)27(21)16-9-3-1-4-10-16/h1,3-6,9-12H,2,7-8,13-15H2,(H,23,28). The molecule has 1 aliphatic rings. The third kappa shape index (κ3) is 4.74. The zero-order valence-electron chi connectivity index (χ0n) is 15.9. The van der Waals surface area contributed by atoms with Gasteiger partial charge in [0.2, 0.25) is 11.9 Å². The minimum Gasteiger partial charge on any atom is -0.341 e. The maximum Gasteiger partial charge on any atom is 0.234 e. The van der Waals surface area contributed by atoms with Gasteiger partial charge in [-0.05, 0) is 43.5 Å². The Hall–Kier alpha value is -2.51. The van der Waals surface area contributed by atoms with Crippen molar-refractivity contribution in [3.8, 4) is 5.69 Å². The van der Waals surface area contributed by atoms with Gasteiger partial charge < -0.3 is 10.2 Å². The highest BCUT2D eigenvalue weighted by Gasteiger charge is 2.22. The third-order valence-corrected chi connectivity index (χ3v) is 6.01. The summed E-state index contributed by atoms with van der Waals surface area (Å²) in [5.74, 6) is 0.922. The molecule has 29 heavy (non-hydrogen) atoms. The average Bonchev–Trinajstić information content (AvgIpc) is 3.19. The van der Waals surface area contributed by atoms with Crippen LogP contribution in [0.15, 0.2) is 59.8 Å². The Balaban J connectivity index is 1.53. The number of amides is 1. The number of nitrogens with one attached hydrogen (secondary N) is 1. The summed E-state index contributed by atoms with van der Waals surface area (Å²) in [5, 5.41) is 12.9. The molecule has 1 fully saturated rings. The number of benzene rings is 2. The second-order valence-corrected chi connectivity index (χ2v) is 8.17. The van der Waals surface area contributed by atoms with E-state index in [9.17, 15) is 4.79 Å². The molecular weight excluding hydrogens is 406 g/mol. The molecule has 1 aromatic heterocycles. The lowest BCUT2D eigenvalue weighted by molar-refractivity contribution is -0.113. The highest BCUT2D eigenvalue weighted by atomic mass is 35.5. The monoisotopic (exact) mass is 427 g/mol. The summed E-state index contributed by atoms with van der Waals surface area (Å²) in [6, 6.07) is 17.2. The van der Waals surface area contributed by atoms with Gasteiger partial charge in [-0.2, -0.15) is 0 Å². The van der Waals surface area contributed by atoms with Gasteiger partial charge in [-0.15, -0.1) is 10.2 Å². The summed E-state index contributed by atoms with van der Waals surface area (Å²) in [6.45, 7) is 1.95. The zero-order valence-corrected chi connectivity index (χ0v) is 17.5. The van der Waals surface area contributed by atoms with Crippen molar-refractivity contribution in [2.24, 2.45) is 0 Å². The molecule has 0 atom stereocenters. The Morgan fingerprint density at radius 1 is 1.00 bits per heavy atom. The van der Waals surface area contributed by atoms with Crippen molar-refractivity contribution in [1.82, 2.24) is 14.8 Å². The number of thioether (sulfide) groups is 1. The number of rotatable bonds is 6. The first-order valence-electron chi connectivity index (χ1n) is 9.65. The van der Waals surface area contributed by atoms with Crippen LogP contribution in [-0.2, 0) is 4.79 Å². The van der Waals surface area contributed by atoms with Gasteiger partial charge in [0.1, 0.15) is 0 Å². The molecule has 0 saturated carbocycles. The lowest BCUT2D eigenvalue weighted by atomic mass is 10.1. The van der Waals surface area contributed by atoms with Gasteiger partial charge in [-0.3, -0.25) is 9.36 Å². The van der Waals surface area contributed by atoms with Crippen LogP contribution in [0, 0.1) is 0 Å². The lowest BCUT2D eigenvalue weighted by Gasteiger charge is -2.27. The number of carbonyl (C=O) groups is 1. The molecule has 8 heteroatoms. The quantitative estimate of drug-likeness (QED) is 0.580. The van der Waals surface area contributed by atoms with Crippen LogP contribution in [0.1, 0.15) is 19.3 Å². The number of nitrogens with zero attached hydrogens (tertiary/aromatic N) is 4. The summed E-state index contributed by atoms with van der Waals surface area (Å²) in [5.41, 5.74) is 1.60. The van der Waals surface area contributed by atoms with Crippen LogP contribution >= 0.6 is 23.4 Å². The Labute approximate surface area is 179 Å². The molecule has 150 valence electrons. The molecule has 1 N–H and O–H groups in total. The molecule has 2 aromatic carbocycles. The fourth-order valence-electron chi connectivity index (χ4n) is 3.34. The maximum atomic E-state index is 12.4. The highest BCUT2D eigenvalue weighted by molar-refractivity contribution is 7.99. The van der Waals surface area contributed by atoms with Crippen LogP contribution < -0.4 is 10.2 Å². The van der Waals surface area contributed by atoms with Crippen molar-refractivity contribution < 1.29 is 4.79 Å². The van der Waals surface area contributed by atoms with Gasteiger partial charge in [0.15, 0.2) is 5.16 Å². The third-order valence-electron chi connectivity index (χ3n) is 4.75. The Bertz CT molecular complexity index is 972. The summed E-state index contributed by atoms with van der Waals surface area (Å²) in [6.07, 6.45) is 3.56. The van der Waals surface area contributed by atoms with Crippen LogP contribution in [0.5, 0.6) is 0 Å². The average molecular weight is 428 g/mol. The lowest BCUT2D eigenvalue weighted by Crippen LogP contribution is -2.31. The van der Waals surface area contributed by atoms with Crippen LogP contribution in [0.3, 0.4) is 0 Å². The van der Waals surface area contributed by atoms with E-state index in [1.54, 1.807) is 12.1 Å². The first kappa shape index (κ1) is 19.8. The normalized spacial score (nSPS) is 14.0. The molecule has 4 rings (SSSR count). The van der Waals surface area contributed by atoms with E-state index in [1.165, 1.54) is 18.2 Å². The number of aromatic nitrogens is 3. The Kier molecular flexibility index (Phi) is 6.36. The number of carbonyl (C=O) groups excluding carboxylic acids is 1. The molecule has 0 spiro atoms. The van der Waals surface area contributed by atoms with E-state index in [1.807, 2.05) is 47.0 Å². The van der Waals surface area contributed by atoms with E-state index in [4.69, 9.17) is 11.6 Å². The fourth-order valence-corrected chi connectivity index (χ4v) is 4.27. The molecular formula is C21H22ClN5OS. The number of halogens is 1. The summed E-state index contributed by atoms with van der Waals surface area (Å²) >= 11 is 7.49. The smallest absolute Gasteiger partial charge is 0.234 e. The number of hydrogen-bond donors (Lipinski definition) is 1. The minimum atomic E-state index is -0.134. The van der Waals surface area contributed by atoms with Crippen molar-refractivity contribution in [2.75, 3.05) is 29.1 Å². The van der Waals surface area contributed by atoms with Crippen molar-refractivity contribution in [3.05, 3.63) is 59.6 Å². The number of anilines is 2. The van der Waals surface area contributed by atoms with E-state index in [0.717, 1.165) is 37.6 Å². The van der Waals surface area contributed by atoms with Crippen molar-refractivity contribution in [3.63, 3.8) is 0 Å². The molecule has 0 radical (unpaired) electrons. The van der Waals surface area contributed by atoms with Gasteiger partial charge in [0.25, 0.3) is 0 Å². The van der Waals surface area contributed by atoms with E-state index in [0.29, 0.717) is 15.9 Å². The molecule has 0 aliphatic carbocycles. The SMILES string of the molecule is O=C(CSc1nnc(N2CCCCC2)n1-c1ccccc1)Nc1ccccc1Cl. The van der Waals surface area contributed by atoms with Crippen LogP contribution in [0.4, 0.5) is 11.6 Å². The predicted molar refractivity (Wildman–Crippen MR) is 118 cm³/mol. The van der Waals surface area contributed by atoms with E-state index in [-0.39, 0.29) is 11.7 Å².